The SMILES string of the molecule is Cc1cc(NC(=O)Cc2ccc(NC(=O)c3cc4ccccc4o3)cc2)nc2nc(C(F)(F)F)nn12. The summed E-state index contributed by atoms with van der Waals surface area (Å²) in [5.41, 5.74) is 2.09. The van der Waals surface area contributed by atoms with E-state index in [1.165, 1.54) is 13.0 Å². The summed E-state index contributed by atoms with van der Waals surface area (Å²) in [6.45, 7) is 1.53. The van der Waals surface area contributed by atoms with Crippen molar-refractivity contribution in [2.24, 2.45) is 0 Å². The van der Waals surface area contributed by atoms with Crippen molar-refractivity contribution >= 4 is 40.1 Å². The smallest absolute Gasteiger partial charge is 0.451 e. The van der Waals surface area contributed by atoms with Gasteiger partial charge in [0.15, 0.2) is 5.76 Å². The van der Waals surface area contributed by atoms with E-state index in [0.717, 1.165) is 9.90 Å². The monoisotopic (exact) mass is 494 g/mol. The van der Waals surface area contributed by atoms with Gasteiger partial charge < -0.3 is 15.1 Å². The van der Waals surface area contributed by atoms with Crippen LogP contribution in [-0.2, 0) is 17.4 Å². The summed E-state index contributed by atoms with van der Waals surface area (Å²) in [6, 6.07) is 17.0. The van der Waals surface area contributed by atoms with E-state index >= 15 is 0 Å². The molecule has 0 spiro atoms. The van der Waals surface area contributed by atoms with Gasteiger partial charge >= 0.3 is 6.18 Å². The quantitative estimate of drug-likeness (QED) is 0.368. The second-order valence-electron chi connectivity index (χ2n) is 7.95. The number of hydrogen-bond acceptors (Lipinski definition) is 6. The summed E-state index contributed by atoms with van der Waals surface area (Å²) in [5.74, 6) is -2.19. The molecular formula is C24H17F3N6O3. The highest BCUT2D eigenvalue weighted by Gasteiger charge is 2.36. The summed E-state index contributed by atoms with van der Waals surface area (Å²) in [7, 11) is 0. The van der Waals surface area contributed by atoms with Crippen LogP contribution in [0.3, 0.4) is 0 Å². The summed E-state index contributed by atoms with van der Waals surface area (Å²) in [5, 5.41) is 9.51. The number of benzene rings is 2. The first-order valence-corrected chi connectivity index (χ1v) is 10.7. The van der Waals surface area contributed by atoms with E-state index in [-0.39, 0.29) is 23.8 Å². The van der Waals surface area contributed by atoms with Crippen molar-refractivity contribution in [1.82, 2.24) is 19.6 Å². The Kier molecular flexibility index (Phi) is 5.63. The van der Waals surface area contributed by atoms with Crippen molar-refractivity contribution in [3.63, 3.8) is 0 Å². The molecule has 0 aliphatic heterocycles. The van der Waals surface area contributed by atoms with Crippen LogP contribution in [0.25, 0.3) is 16.7 Å². The standard InChI is InChI=1S/C24H17F3N6O3/c1-13-10-19(30-23-31-22(24(25,26)27)32-33(13)23)29-20(34)11-14-6-8-16(9-7-14)28-21(35)18-12-15-4-2-3-5-17(15)36-18/h2-10,12H,11H2,1H3,(H,28,35)(H,29,30,31,32,34). The number of hydrogen-bond donors (Lipinski definition) is 2. The number of carbonyl (C=O) groups excluding carboxylic acids is 2. The first-order chi connectivity index (χ1) is 17.2. The van der Waals surface area contributed by atoms with Crippen LogP contribution in [0, 0.1) is 6.92 Å². The maximum atomic E-state index is 12.9. The van der Waals surface area contributed by atoms with Crippen LogP contribution in [-0.4, -0.2) is 31.4 Å². The molecule has 9 nitrogen and oxygen atoms in total. The molecule has 0 fully saturated rings. The van der Waals surface area contributed by atoms with Gasteiger partial charge in [0.05, 0.1) is 6.42 Å². The Morgan fingerprint density at radius 3 is 2.47 bits per heavy atom. The highest BCUT2D eigenvalue weighted by atomic mass is 19.4. The summed E-state index contributed by atoms with van der Waals surface area (Å²) in [6.07, 6.45) is -4.73. The molecule has 5 aromatic rings. The molecule has 5 rings (SSSR count). The normalized spacial score (nSPS) is 11.7. The zero-order valence-corrected chi connectivity index (χ0v) is 18.6. The van der Waals surface area contributed by atoms with Gasteiger partial charge in [-0.25, -0.2) is 4.52 Å². The molecule has 0 saturated heterocycles. The second kappa shape index (κ2) is 8.80. The van der Waals surface area contributed by atoms with Crippen LogP contribution in [0.5, 0.6) is 0 Å². The lowest BCUT2D eigenvalue weighted by Crippen LogP contribution is -2.16. The second-order valence-corrected chi connectivity index (χ2v) is 7.95. The molecule has 2 N–H and O–H groups in total. The number of nitrogens with one attached hydrogen (secondary N) is 2. The molecule has 12 heteroatoms. The number of aryl methyl sites for hydroxylation is 1. The van der Waals surface area contributed by atoms with Gasteiger partial charge in [0.1, 0.15) is 11.4 Å². The van der Waals surface area contributed by atoms with Crippen molar-refractivity contribution in [2.75, 3.05) is 10.6 Å². The summed E-state index contributed by atoms with van der Waals surface area (Å²) >= 11 is 0. The van der Waals surface area contributed by atoms with E-state index < -0.39 is 23.8 Å². The Bertz CT molecular complexity index is 1570. The van der Waals surface area contributed by atoms with Crippen LogP contribution in [0.15, 0.2) is 65.1 Å². The largest absolute Gasteiger partial charge is 0.453 e. The lowest BCUT2D eigenvalue weighted by molar-refractivity contribution is -0.144. The zero-order valence-electron chi connectivity index (χ0n) is 18.6. The average Bonchev–Trinajstić information content (AvgIpc) is 3.45. The molecule has 182 valence electrons. The number of amides is 2. The molecule has 2 aromatic carbocycles. The maximum Gasteiger partial charge on any atom is 0.453 e. The number of halogens is 3. The van der Waals surface area contributed by atoms with Gasteiger partial charge in [0.2, 0.25) is 5.91 Å². The summed E-state index contributed by atoms with van der Waals surface area (Å²) in [4.78, 5) is 32.3. The van der Waals surface area contributed by atoms with Gasteiger partial charge in [-0.15, -0.1) is 5.10 Å². The lowest BCUT2D eigenvalue weighted by atomic mass is 10.1. The van der Waals surface area contributed by atoms with Crippen LogP contribution in [0.1, 0.15) is 27.6 Å². The van der Waals surface area contributed by atoms with Crippen molar-refractivity contribution in [1.29, 1.82) is 0 Å². The molecule has 2 amide bonds. The number of alkyl halides is 3. The van der Waals surface area contributed by atoms with Gasteiger partial charge in [-0.3, -0.25) is 9.59 Å². The number of para-hydroxylation sites is 1. The van der Waals surface area contributed by atoms with E-state index in [9.17, 15) is 22.8 Å². The number of fused-ring (bicyclic) bond motifs is 2. The van der Waals surface area contributed by atoms with Gasteiger partial charge in [-0.1, -0.05) is 30.3 Å². The maximum absolute atomic E-state index is 12.9. The van der Waals surface area contributed by atoms with Crippen LogP contribution < -0.4 is 10.6 Å². The third-order valence-corrected chi connectivity index (χ3v) is 5.24. The molecule has 0 saturated carbocycles. The number of aromatic nitrogens is 4. The molecule has 0 radical (unpaired) electrons. The Balaban J connectivity index is 1.22. The Labute approximate surface area is 201 Å². The molecule has 36 heavy (non-hydrogen) atoms. The van der Waals surface area contributed by atoms with E-state index in [1.54, 1.807) is 36.4 Å². The first-order valence-electron chi connectivity index (χ1n) is 10.7. The van der Waals surface area contributed by atoms with Gasteiger partial charge in [0.25, 0.3) is 17.5 Å². The number of carbonyl (C=O) groups is 2. The van der Waals surface area contributed by atoms with Gasteiger partial charge in [0, 0.05) is 22.8 Å². The third kappa shape index (κ3) is 4.73. The van der Waals surface area contributed by atoms with Crippen molar-refractivity contribution in [2.45, 2.75) is 19.5 Å². The molecule has 0 aliphatic carbocycles. The minimum Gasteiger partial charge on any atom is -0.451 e. The predicted molar refractivity (Wildman–Crippen MR) is 123 cm³/mol. The van der Waals surface area contributed by atoms with Crippen molar-refractivity contribution in [3.8, 4) is 0 Å². The first kappa shape index (κ1) is 23.0. The molecular weight excluding hydrogens is 477 g/mol. The molecule has 3 aromatic heterocycles. The minimum absolute atomic E-state index is 0.0236. The predicted octanol–water partition coefficient (Wildman–Crippen LogP) is 4.63. The van der Waals surface area contributed by atoms with Crippen LogP contribution >= 0.6 is 0 Å². The molecule has 3 heterocycles. The number of anilines is 2. The highest BCUT2D eigenvalue weighted by molar-refractivity contribution is 6.04. The molecule has 0 unspecified atom stereocenters. The Morgan fingerprint density at radius 2 is 1.75 bits per heavy atom. The fourth-order valence-electron chi connectivity index (χ4n) is 3.56. The van der Waals surface area contributed by atoms with Gasteiger partial charge in [-0.2, -0.15) is 23.1 Å². The molecule has 0 bridgehead atoms. The van der Waals surface area contributed by atoms with Crippen molar-refractivity contribution in [3.05, 3.63) is 83.5 Å². The Morgan fingerprint density at radius 1 is 1.00 bits per heavy atom. The fourth-order valence-corrected chi connectivity index (χ4v) is 3.56. The Hall–Kier alpha value is -4.74. The van der Waals surface area contributed by atoms with Crippen LogP contribution in [0.2, 0.25) is 0 Å². The highest BCUT2D eigenvalue weighted by Crippen LogP contribution is 2.27. The van der Waals surface area contributed by atoms with Gasteiger partial charge in [-0.05, 0) is 36.8 Å². The van der Waals surface area contributed by atoms with E-state index in [1.807, 2.05) is 18.2 Å². The van der Waals surface area contributed by atoms with E-state index in [2.05, 4.69) is 25.7 Å². The fraction of sp³-hybridized carbons (Fsp3) is 0.125. The number of rotatable bonds is 5. The van der Waals surface area contributed by atoms with Crippen molar-refractivity contribution < 1.29 is 27.2 Å². The van der Waals surface area contributed by atoms with E-state index in [0.29, 0.717) is 22.5 Å². The number of nitrogens with zero attached hydrogens (tertiary/aromatic N) is 4. The lowest BCUT2D eigenvalue weighted by Gasteiger charge is -2.07. The minimum atomic E-state index is -4.71. The summed E-state index contributed by atoms with van der Waals surface area (Å²) < 4.78 is 45.1. The third-order valence-electron chi connectivity index (χ3n) is 5.24. The average molecular weight is 494 g/mol. The zero-order chi connectivity index (χ0) is 25.4. The molecule has 0 atom stereocenters. The molecule has 0 aliphatic rings. The topological polar surface area (TPSA) is 114 Å². The number of furan rings is 1. The van der Waals surface area contributed by atoms with E-state index in [4.69, 9.17) is 4.42 Å². The van der Waals surface area contributed by atoms with Crippen LogP contribution in [0.4, 0.5) is 24.7 Å².